The van der Waals surface area contributed by atoms with E-state index in [9.17, 15) is 18.0 Å². The van der Waals surface area contributed by atoms with Crippen LogP contribution in [0.4, 0.5) is 18.9 Å². The van der Waals surface area contributed by atoms with Crippen LogP contribution >= 0.6 is 0 Å². The summed E-state index contributed by atoms with van der Waals surface area (Å²) < 4.78 is 40.7. The molecule has 3 aliphatic heterocycles. The first-order chi connectivity index (χ1) is 16.6. The Kier molecular flexibility index (Phi) is 6.84. The fourth-order valence-corrected chi connectivity index (χ4v) is 6.92. The van der Waals surface area contributed by atoms with E-state index >= 15 is 0 Å². The van der Waals surface area contributed by atoms with Gasteiger partial charge in [0, 0.05) is 50.4 Å². The van der Waals surface area contributed by atoms with E-state index in [0.717, 1.165) is 63.1 Å². The van der Waals surface area contributed by atoms with Gasteiger partial charge in [0.2, 0.25) is 5.91 Å². The Labute approximate surface area is 207 Å². The van der Waals surface area contributed by atoms with Crippen molar-refractivity contribution >= 4 is 11.6 Å². The standard InChI is InChI=1S/C28H40F3N3O/c1-20-9-13-32(14-10-20)25-17-22(28(29,30)31)7-8-24(25)21-11-15-33(18-21)26(35)27(2)12-16-34(19-27)23-5-3-4-6-23/h7-8,17,20-21,23H,3-6,9-16,18-19H2,1-2H3. The number of likely N-dealkylation sites (tertiary alicyclic amines) is 2. The lowest BCUT2D eigenvalue weighted by atomic mass is 9.88. The van der Waals surface area contributed by atoms with Crippen LogP contribution < -0.4 is 4.90 Å². The molecule has 7 heteroatoms. The van der Waals surface area contributed by atoms with Crippen LogP contribution in [0, 0.1) is 11.3 Å². The van der Waals surface area contributed by atoms with E-state index in [-0.39, 0.29) is 17.2 Å². The van der Waals surface area contributed by atoms with Crippen molar-refractivity contribution in [3.05, 3.63) is 29.3 Å². The zero-order valence-electron chi connectivity index (χ0n) is 21.2. The predicted octanol–water partition coefficient (Wildman–Crippen LogP) is 5.91. The molecule has 0 aromatic heterocycles. The molecule has 1 aromatic carbocycles. The van der Waals surface area contributed by atoms with E-state index in [2.05, 4.69) is 23.6 Å². The van der Waals surface area contributed by atoms with Gasteiger partial charge in [-0.3, -0.25) is 9.69 Å². The van der Waals surface area contributed by atoms with Crippen molar-refractivity contribution in [2.45, 2.75) is 83.4 Å². The quantitative estimate of drug-likeness (QED) is 0.524. The van der Waals surface area contributed by atoms with Gasteiger partial charge in [-0.05, 0) is 75.6 Å². The van der Waals surface area contributed by atoms with Crippen molar-refractivity contribution in [2.24, 2.45) is 11.3 Å². The summed E-state index contributed by atoms with van der Waals surface area (Å²) in [6.45, 7) is 9.06. The van der Waals surface area contributed by atoms with Crippen LogP contribution in [-0.2, 0) is 11.0 Å². The molecule has 1 saturated carbocycles. The highest BCUT2D eigenvalue weighted by Crippen LogP contribution is 2.42. The van der Waals surface area contributed by atoms with Gasteiger partial charge in [-0.25, -0.2) is 0 Å². The van der Waals surface area contributed by atoms with Gasteiger partial charge in [-0.1, -0.05) is 25.8 Å². The van der Waals surface area contributed by atoms with Crippen molar-refractivity contribution in [1.82, 2.24) is 9.80 Å². The third-order valence-corrected chi connectivity index (χ3v) is 9.26. The second-order valence-corrected chi connectivity index (χ2v) is 11.9. The molecular formula is C28H40F3N3O. The van der Waals surface area contributed by atoms with Crippen LogP contribution in [0.25, 0.3) is 0 Å². The summed E-state index contributed by atoms with van der Waals surface area (Å²) in [5, 5.41) is 0. The summed E-state index contributed by atoms with van der Waals surface area (Å²) in [7, 11) is 0. The van der Waals surface area contributed by atoms with Gasteiger partial charge in [0.25, 0.3) is 0 Å². The monoisotopic (exact) mass is 491 g/mol. The first kappa shape index (κ1) is 24.9. The molecule has 3 heterocycles. The smallest absolute Gasteiger partial charge is 0.371 e. The molecule has 4 nitrogen and oxygen atoms in total. The van der Waals surface area contributed by atoms with Gasteiger partial charge >= 0.3 is 6.18 Å². The highest BCUT2D eigenvalue weighted by molar-refractivity contribution is 5.83. The van der Waals surface area contributed by atoms with Gasteiger partial charge in [0.1, 0.15) is 0 Å². The molecule has 0 bridgehead atoms. The Morgan fingerprint density at radius 1 is 1.00 bits per heavy atom. The fraction of sp³-hybridized carbons (Fsp3) is 0.750. The Balaban J connectivity index is 1.32. The first-order valence-electron chi connectivity index (χ1n) is 13.6. The summed E-state index contributed by atoms with van der Waals surface area (Å²) in [4.78, 5) is 20.3. The SMILES string of the molecule is CC1CCN(c2cc(C(F)(F)F)ccc2C2CCN(C(=O)C3(C)CCN(C4CCCC4)C3)C2)CC1. The summed E-state index contributed by atoms with van der Waals surface area (Å²) >= 11 is 0. The lowest BCUT2D eigenvalue weighted by Gasteiger charge is -2.35. The maximum atomic E-state index is 13.7. The molecule has 194 valence electrons. The van der Waals surface area contributed by atoms with E-state index < -0.39 is 11.7 Å². The summed E-state index contributed by atoms with van der Waals surface area (Å²) in [5.74, 6) is 0.934. The Morgan fingerprint density at radius 2 is 1.71 bits per heavy atom. The zero-order chi connectivity index (χ0) is 24.8. The maximum Gasteiger partial charge on any atom is 0.416 e. The number of rotatable bonds is 4. The third-order valence-electron chi connectivity index (χ3n) is 9.26. The maximum absolute atomic E-state index is 13.7. The second-order valence-electron chi connectivity index (χ2n) is 11.9. The highest BCUT2D eigenvalue weighted by Gasteiger charge is 2.46. The van der Waals surface area contributed by atoms with Gasteiger partial charge in [-0.2, -0.15) is 13.2 Å². The van der Waals surface area contributed by atoms with E-state index in [4.69, 9.17) is 0 Å². The van der Waals surface area contributed by atoms with Gasteiger partial charge in [-0.15, -0.1) is 0 Å². The molecule has 0 spiro atoms. The molecule has 1 amide bonds. The molecular weight excluding hydrogens is 451 g/mol. The van der Waals surface area contributed by atoms with Gasteiger partial charge in [0.15, 0.2) is 0 Å². The van der Waals surface area contributed by atoms with E-state index in [0.29, 0.717) is 25.0 Å². The van der Waals surface area contributed by atoms with E-state index in [1.165, 1.54) is 37.8 Å². The third kappa shape index (κ3) is 5.07. The molecule has 5 rings (SSSR count). The predicted molar refractivity (Wildman–Crippen MR) is 133 cm³/mol. The van der Waals surface area contributed by atoms with E-state index in [1.807, 2.05) is 4.90 Å². The number of alkyl halides is 3. The number of benzene rings is 1. The number of amides is 1. The zero-order valence-corrected chi connectivity index (χ0v) is 21.2. The minimum atomic E-state index is -4.35. The van der Waals surface area contributed by atoms with E-state index in [1.54, 1.807) is 6.07 Å². The van der Waals surface area contributed by atoms with Crippen LogP contribution in [0.3, 0.4) is 0 Å². The van der Waals surface area contributed by atoms with Crippen molar-refractivity contribution < 1.29 is 18.0 Å². The first-order valence-corrected chi connectivity index (χ1v) is 13.6. The summed E-state index contributed by atoms with van der Waals surface area (Å²) in [5.41, 5.74) is 0.785. The number of anilines is 1. The van der Waals surface area contributed by atoms with Crippen molar-refractivity contribution in [1.29, 1.82) is 0 Å². The summed E-state index contributed by atoms with van der Waals surface area (Å²) in [6, 6.07) is 4.91. The molecule has 1 aliphatic carbocycles. The lowest BCUT2D eigenvalue weighted by Crippen LogP contribution is -2.44. The van der Waals surface area contributed by atoms with Crippen LogP contribution in [0.15, 0.2) is 18.2 Å². The number of carbonyl (C=O) groups excluding carboxylic acids is 1. The molecule has 35 heavy (non-hydrogen) atoms. The molecule has 0 radical (unpaired) electrons. The summed E-state index contributed by atoms with van der Waals surface area (Å²) in [6.07, 6.45) is 4.47. The highest BCUT2D eigenvalue weighted by atomic mass is 19.4. The van der Waals surface area contributed by atoms with Crippen LogP contribution in [0.5, 0.6) is 0 Å². The number of hydrogen-bond donors (Lipinski definition) is 0. The van der Waals surface area contributed by atoms with Gasteiger partial charge in [0.05, 0.1) is 11.0 Å². The average Bonchev–Trinajstić information content (AvgIpc) is 3.59. The number of halogens is 3. The van der Waals surface area contributed by atoms with Crippen molar-refractivity contribution in [3.8, 4) is 0 Å². The fourth-order valence-electron chi connectivity index (χ4n) is 6.92. The number of piperidine rings is 1. The molecule has 3 saturated heterocycles. The minimum absolute atomic E-state index is 0.0894. The normalized spacial score (nSPS) is 29.5. The lowest BCUT2D eigenvalue weighted by molar-refractivity contribution is -0.139. The van der Waals surface area contributed by atoms with Crippen LogP contribution in [-0.4, -0.2) is 61.0 Å². The van der Waals surface area contributed by atoms with Crippen LogP contribution in [0.2, 0.25) is 0 Å². The Bertz CT molecular complexity index is 921. The molecule has 2 atom stereocenters. The Hall–Kier alpha value is -1.76. The molecule has 2 unspecified atom stereocenters. The molecule has 4 fully saturated rings. The Morgan fingerprint density at radius 3 is 2.40 bits per heavy atom. The van der Waals surface area contributed by atoms with Crippen molar-refractivity contribution in [3.63, 3.8) is 0 Å². The molecule has 1 aromatic rings. The van der Waals surface area contributed by atoms with Crippen LogP contribution in [0.1, 0.15) is 82.3 Å². The molecule has 4 aliphatic rings. The number of hydrogen-bond acceptors (Lipinski definition) is 3. The second kappa shape index (κ2) is 9.60. The molecule has 0 N–H and O–H groups in total. The average molecular weight is 492 g/mol. The number of nitrogens with zero attached hydrogens (tertiary/aromatic N) is 3. The van der Waals surface area contributed by atoms with Crippen molar-refractivity contribution in [2.75, 3.05) is 44.2 Å². The number of carbonyl (C=O) groups is 1. The van der Waals surface area contributed by atoms with Gasteiger partial charge < -0.3 is 9.80 Å². The minimum Gasteiger partial charge on any atom is -0.371 e. The largest absolute Gasteiger partial charge is 0.416 e. The topological polar surface area (TPSA) is 26.8 Å².